The average Bonchev–Trinajstić information content (AvgIpc) is 2.62. The molecule has 0 saturated heterocycles. The van der Waals surface area contributed by atoms with E-state index in [2.05, 4.69) is 15.5 Å². The standard InChI is InChI=1S/C11H14ClN5/c1-7-5-8(3-4-14-7)10(16-13)11-9(12)6-15-17(11)2/h3-6,10,16H,13H2,1-2H3. The predicted octanol–water partition coefficient (Wildman–Crippen LogP) is 1.33. The largest absolute Gasteiger partial charge is 0.271 e. The van der Waals surface area contributed by atoms with Crippen molar-refractivity contribution in [1.82, 2.24) is 20.2 Å². The Hall–Kier alpha value is -1.43. The number of nitrogens with one attached hydrogen (secondary N) is 1. The SMILES string of the molecule is Cc1cc(C(NN)c2c(Cl)cnn2C)ccn1. The van der Waals surface area contributed by atoms with Crippen LogP contribution in [0.2, 0.25) is 5.02 Å². The zero-order valence-electron chi connectivity index (χ0n) is 9.68. The molecule has 0 aliphatic heterocycles. The van der Waals surface area contributed by atoms with Gasteiger partial charge in [0.2, 0.25) is 0 Å². The highest BCUT2D eigenvalue weighted by Gasteiger charge is 2.19. The van der Waals surface area contributed by atoms with Crippen molar-refractivity contribution in [2.75, 3.05) is 0 Å². The summed E-state index contributed by atoms with van der Waals surface area (Å²) in [7, 11) is 1.83. The topological polar surface area (TPSA) is 68.8 Å². The number of nitrogens with zero attached hydrogens (tertiary/aromatic N) is 3. The molecule has 0 saturated carbocycles. The first-order valence-electron chi connectivity index (χ1n) is 5.19. The van der Waals surface area contributed by atoms with Crippen LogP contribution in [0.5, 0.6) is 0 Å². The fourth-order valence-electron chi connectivity index (χ4n) is 1.82. The highest BCUT2D eigenvalue weighted by molar-refractivity contribution is 6.31. The summed E-state index contributed by atoms with van der Waals surface area (Å²) in [5.41, 5.74) is 5.53. The number of rotatable bonds is 3. The zero-order chi connectivity index (χ0) is 12.4. The van der Waals surface area contributed by atoms with Crippen molar-refractivity contribution in [3.63, 3.8) is 0 Å². The molecule has 0 aromatic carbocycles. The van der Waals surface area contributed by atoms with Crippen LogP contribution in [0.25, 0.3) is 0 Å². The fraction of sp³-hybridized carbons (Fsp3) is 0.273. The van der Waals surface area contributed by atoms with Crippen LogP contribution in [0.15, 0.2) is 24.5 Å². The third-order valence-electron chi connectivity index (χ3n) is 2.63. The lowest BCUT2D eigenvalue weighted by molar-refractivity contribution is 0.574. The van der Waals surface area contributed by atoms with E-state index in [1.807, 2.05) is 26.1 Å². The van der Waals surface area contributed by atoms with E-state index < -0.39 is 0 Å². The van der Waals surface area contributed by atoms with Crippen LogP contribution in [0, 0.1) is 6.92 Å². The minimum Gasteiger partial charge on any atom is -0.271 e. The number of hydrogen-bond donors (Lipinski definition) is 2. The Bertz CT molecular complexity index is 503. The Labute approximate surface area is 105 Å². The van der Waals surface area contributed by atoms with Crippen molar-refractivity contribution in [2.24, 2.45) is 12.9 Å². The van der Waals surface area contributed by atoms with Crippen LogP contribution in [-0.4, -0.2) is 14.8 Å². The van der Waals surface area contributed by atoms with Crippen molar-refractivity contribution in [3.8, 4) is 0 Å². The molecule has 0 amide bonds. The summed E-state index contributed by atoms with van der Waals surface area (Å²) in [6.07, 6.45) is 3.36. The van der Waals surface area contributed by atoms with E-state index in [0.717, 1.165) is 17.0 Å². The minimum absolute atomic E-state index is 0.198. The van der Waals surface area contributed by atoms with Crippen molar-refractivity contribution in [1.29, 1.82) is 0 Å². The van der Waals surface area contributed by atoms with Gasteiger partial charge in [-0.3, -0.25) is 15.5 Å². The molecule has 2 aromatic rings. The highest BCUT2D eigenvalue weighted by Crippen LogP contribution is 2.27. The molecular weight excluding hydrogens is 238 g/mol. The van der Waals surface area contributed by atoms with Gasteiger partial charge in [-0.15, -0.1) is 0 Å². The Balaban J connectivity index is 2.47. The van der Waals surface area contributed by atoms with Crippen LogP contribution < -0.4 is 11.3 Å². The van der Waals surface area contributed by atoms with E-state index in [9.17, 15) is 0 Å². The number of hydrogen-bond acceptors (Lipinski definition) is 4. The molecule has 6 heteroatoms. The monoisotopic (exact) mass is 251 g/mol. The van der Waals surface area contributed by atoms with Gasteiger partial charge in [-0.05, 0) is 24.6 Å². The van der Waals surface area contributed by atoms with E-state index in [1.54, 1.807) is 17.1 Å². The van der Waals surface area contributed by atoms with Gasteiger partial charge in [-0.25, -0.2) is 5.43 Å². The summed E-state index contributed by atoms with van der Waals surface area (Å²) in [5, 5.41) is 4.69. The molecule has 17 heavy (non-hydrogen) atoms. The van der Waals surface area contributed by atoms with Gasteiger partial charge < -0.3 is 0 Å². The third-order valence-corrected chi connectivity index (χ3v) is 2.92. The van der Waals surface area contributed by atoms with Gasteiger partial charge >= 0.3 is 0 Å². The molecule has 5 nitrogen and oxygen atoms in total. The maximum Gasteiger partial charge on any atom is 0.0894 e. The maximum absolute atomic E-state index is 6.11. The van der Waals surface area contributed by atoms with Gasteiger partial charge in [0.15, 0.2) is 0 Å². The summed E-state index contributed by atoms with van der Waals surface area (Å²) in [6.45, 7) is 1.93. The molecule has 0 aliphatic rings. The van der Waals surface area contributed by atoms with Gasteiger partial charge in [0, 0.05) is 18.9 Å². The van der Waals surface area contributed by atoms with Gasteiger partial charge in [0.1, 0.15) is 0 Å². The van der Waals surface area contributed by atoms with Crippen LogP contribution in [-0.2, 0) is 7.05 Å². The van der Waals surface area contributed by atoms with Crippen molar-refractivity contribution >= 4 is 11.6 Å². The average molecular weight is 252 g/mol. The van der Waals surface area contributed by atoms with Crippen LogP contribution in [0.1, 0.15) is 23.0 Å². The first-order chi connectivity index (χ1) is 8.13. The maximum atomic E-state index is 6.11. The van der Waals surface area contributed by atoms with Gasteiger partial charge in [-0.1, -0.05) is 11.6 Å². The molecule has 0 fully saturated rings. The molecule has 2 aromatic heterocycles. The molecule has 0 spiro atoms. The van der Waals surface area contributed by atoms with E-state index >= 15 is 0 Å². The number of hydrazine groups is 1. The smallest absolute Gasteiger partial charge is 0.0894 e. The van der Waals surface area contributed by atoms with E-state index in [-0.39, 0.29) is 6.04 Å². The van der Waals surface area contributed by atoms with E-state index in [1.165, 1.54) is 0 Å². The summed E-state index contributed by atoms with van der Waals surface area (Å²) >= 11 is 6.11. The summed E-state index contributed by atoms with van der Waals surface area (Å²) in [5.74, 6) is 5.61. The summed E-state index contributed by atoms with van der Waals surface area (Å²) in [4.78, 5) is 4.16. The molecule has 3 N–H and O–H groups in total. The van der Waals surface area contributed by atoms with Crippen molar-refractivity contribution < 1.29 is 0 Å². The summed E-state index contributed by atoms with van der Waals surface area (Å²) < 4.78 is 1.71. The first-order valence-corrected chi connectivity index (χ1v) is 5.57. The lowest BCUT2D eigenvalue weighted by atomic mass is 10.0. The van der Waals surface area contributed by atoms with Gasteiger partial charge in [0.25, 0.3) is 0 Å². The Morgan fingerprint density at radius 1 is 1.53 bits per heavy atom. The quantitative estimate of drug-likeness (QED) is 0.638. The van der Waals surface area contributed by atoms with Crippen LogP contribution in [0.4, 0.5) is 0 Å². The second-order valence-corrected chi connectivity index (χ2v) is 4.24. The molecule has 0 aliphatic carbocycles. The highest BCUT2D eigenvalue weighted by atomic mass is 35.5. The number of pyridine rings is 1. The lowest BCUT2D eigenvalue weighted by Gasteiger charge is -2.17. The minimum atomic E-state index is -0.198. The summed E-state index contributed by atoms with van der Waals surface area (Å²) in [6, 6.07) is 3.67. The van der Waals surface area contributed by atoms with Crippen LogP contribution >= 0.6 is 11.6 Å². The molecular formula is C11H14ClN5. The van der Waals surface area contributed by atoms with Crippen molar-refractivity contribution in [2.45, 2.75) is 13.0 Å². The molecule has 90 valence electrons. The normalized spacial score (nSPS) is 12.7. The molecule has 1 unspecified atom stereocenters. The van der Waals surface area contributed by atoms with Crippen molar-refractivity contribution in [3.05, 3.63) is 46.5 Å². The number of aryl methyl sites for hydroxylation is 2. The molecule has 0 bridgehead atoms. The van der Waals surface area contributed by atoms with E-state index in [0.29, 0.717) is 5.02 Å². The molecule has 0 radical (unpaired) electrons. The third kappa shape index (κ3) is 2.31. The van der Waals surface area contributed by atoms with Crippen LogP contribution in [0.3, 0.4) is 0 Å². The Morgan fingerprint density at radius 2 is 2.29 bits per heavy atom. The van der Waals surface area contributed by atoms with Gasteiger partial charge in [0.05, 0.1) is 23.0 Å². The Morgan fingerprint density at radius 3 is 2.82 bits per heavy atom. The molecule has 2 rings (SSSR count). The Kier molecular flexibility index (Phi) is 3.42. The zero-order valence-corrected chi connectivity index (χ0v) is 10.4. The number of aromatic nitrogens is 3. The predicted molar refractivity (Wildman–Crippen MR) is 66.4 cm³/mol. The second-order valence-electron chi connectivity index (χ2n) is 3.83. The molecule has 2 heterocycles. The number of nitrogens with two attached hydrogens (primary N) is 1. The first kappa shape index (κ1) is 12.0. The molecule has 1 atom stereocenters. The van der Waals surface area contributed by atoms with Gasteiger partial charge in [-0.2, -0.15) is 5.10 Å². The lowest BCUT2D eigenvalue weighted by Crippen LogP contribution is -2.30. The number of halogens is 1. The van der Waals surface area contributed by atoms with E-state index in [4.69, 9.17) is 17.4 Å². The fourth-order valence-corrected chi connectivity index (χ4v) is 2.10. The second kappa shape index (κ2) is 4.83.